The fraction of sp³-hybridized carbons (Fsp3) is 0.172. The summed E-state index contributed by atoms with van der Waals surface area (Å²) >= 11 is 0. The second kappa shape index (κ2) is 9.19. The number of hydrogen-bond acceptors (Lipinski definition) is 7. The van der Waals surface area contributed by atoms with Crippen LogP contribution >= 0.6 is 0 Å². The Bertz CT molecular complexity index is 1780. The Labute approximate surface area is 218 Å². The third-order valence-corrected chi connectivity index (χ3v) is 7.20. The van der Waals surface area contributed by atoms with Gasteiger partial charge >= 0.3 is 0 Å². The van der Waals surface area contributed by atoms with E-state index in [1.165, 1.54) is 25.7 Å². The minimum absolute atomic E-state index is 0.528. The predicted molar refractivity (Wildman–Crippen MR) is 148 cm³/mol. The van der Waals surface area contributed by atoms with Crippen LogP contribution in [0.15, 0.2) is 79.8 Å². The van der Waals surface area contributed by atoms with Gasteiger partial charge < -0.3 is 10.3 Å². The number of allylic oxidation sites excluding steroid dienone is 1. The molecule has 0 spiro atoms. The van der Waals surface area contributed by atoms with E-state index in [0.29, 0.717) is 17.4 Å². The Balaban J connectivity index is 1.25. The van der Waals surface area contributed by atoms with Crippen molar-refractivity contribution < 1.29 is 0 Å². The molecule has 0 atom stereocenters. The van der Waals surface area contributed by atoms with Gasteiger partial charge in [-0.3, -0.25) is 20.1 Å². The van der Waals surface area contributed by atoms with E-state index in [9.17, 15) is 0 Å². The standard InChI is InChI=1S/C29H25N9/c1-17(18-4-2-3-5-18)33-21-12-20(13-31-14-21)23-6-7-24-27(34-23)28(38-37-24)29-35-25-16-32-15-22(26(25)36-29)19-8-10-30-11-9-19/h6-16,18,33H,1-5H2,(H,35,36)(H,37,38). The lowest BCUT2D eigenvalue weighted by Gasteiger charge is -2.15. The number of imidazole rings is 1. The number of pyridine rings is 4. The van der Waals surface area contributed by atoms with Gasteiger partial charge in [0.25, 0.3) is 0 Å². The smallest absolute Gasteiger partial charge is 0.161 e. The maximum Gasteiger partial charge on any atom is 0.161 e. The van der Waals surface area contributed by atoms with Crippen molar-refractivity contribution >= 4 is 27.8 Å². The van der Waals surface area contributed by atoms with Crippen LogP contribution in [-0.4, -0.2) is 40.1 Å². The summed E-state index contributed by atoms with van der Waals surface area (Å²) in [6.45, 7) is 4.27. The lowest BCUT2D eigenvalue weighted by molar-refractivity contribution is 0.649. The van der Waals surface area contributed by atoms with Crippen LogP contribution in [0.25, 0.3) is 56.0 Å². The summed E-state index contributed by atoms with van der Waals surface area (Å²) in [5.74, 6) is 1.15. The maximum absolute atomic E-state index is 4.96. The van der Waals surface area contributed by atoms with Crippen LogP contribution in [0.1, 0.15) is 25.7 Å². The molecule has 6 aromatic rings. The summed E-state index contributed by atoms with van der Waals surface area (Å²) < 4.78 is 0. The van der Waals surface area contributed by atoms with Crippen molar-refractivity contribution in [3.8, 4) is 33.9 Å². The van der Waals surface area contributed by atoms with Gasteiger partial charge in [-0.05, 0) is 54.7 Å². The number of nitrogens with one attached hydrogen (secondary N) is 3. The first-order valence-corrected chi connectivity index (χ1v) is 12.7. The van der Waals surface area contributed by atoms with Gasteiger partial charge in [0, 0.05) is 41.6 Å². The van der Waals surface area contributed by atoms with E-state index in [1.54, 1.807) is 18.6 Å². The second-order valence-corrected chi connectivity index (χ2v) is 9.66. The average molecular weight is 500 g/mol. The lowest BCUT2D eigenvalue weighted by atomic mass is 10.0. The number of hydrogen-bond donors (Lipinski definition) is 3. The van der Waals surface area contributed by atoms with Crippen LogP contribution in [0.2, 0.25) is 0 Å². The average Bonchev–Trinajstić information content (AvgIpc) is 3.73. The molecule has 6 aromatic heterocycles. The van der Waals surface area contributed by atoms with Gasteiger partial charge in [0.2, 0.25) is 0 Å². The number of nitrogens with zero attached hydrogens (tertiary/aromatic N) is 6. The molecule has 7 rings (SSSR count). The molecule has 6 heterocycles. The topological polar surface area (TPSA) is 121 Å². The molecule has 0 bridgehead atoms. The summed E-state index contributed by atoms with van der Waals surface area (Å²) in [6.07, 6.45) is 15.7. The van der Waals surface area contributed by atoms with Crippen LogP contribution in [0.3, 0.4) is 0 Å². The zero-order valence-corrected chi connectivity index (χ0v) is 20.6. The molecule has 38 heavy (non-hydrogen) atoms. The van der Waals surface area contributed by atoms with Gasteiger partial charge in [-0.2, -0.15) is 5.10 Å². The highest BCUT2D eigenvalue weighted by molar-refractivity contribution is 5.95. The van der Waals surface area contributed by atoms with Crippen LogP contribution < -0.4 is 5.32 Å². The first-order valence-electron chi connectivity index (χ1n) is 12.7. The summed E-state index contributed by atoms with van der Waals surface area (Å²) in [5, 5.41) is 11.1. The van der Waals surface area contributed by atoms with Crippen molar-refractivity contribution in [1.29, 1.82) is 0 Å². The van der Waals surface area contributed by atoms with Gasteiger partial charge in [-0.1, -0.05) is 19.4 Å². The molecule has 0 saturated heterocycles. The molecular weight excluding hydrogens is 474 g/mol. The molecule has 1 aliphatic rings. The lowest BCUT2D eigenvalue weighted by Crippen LogP contribution is -2.07. The molecule has 1 fully saturated rings. The summed E-state index contributed by atoms with van der Waals surface area (Å²) in [6, 6.07) is 9.92. The predicted octanol–water partition coefficient (Wildman–Crippen LogP) is 6.14. The van der Waals surface area contributed by atoms with E-state index >= 15 is 0 Å². The van der Waals surface area contributed by atoms with Crippen molar-refractivity contribution in [3.63, 3.8) is 0 Å². The monoisotopic (exact) mass is 499 g/mol. The van der Waals surface area contributed by atoms with Gasteiger partial charge in [0.05, 0.1) is 40.3 Å². The third-order valence-electron chi connectivity index (χ3n) is 7.20. The Kier molecular flexibility index (Phi) is 5.39. The molecule has 3 N–H and O–H groups in total. The first-order chi connectivity index (χ1) is 18.7. The SMILES string of the molecule is C=C(Nc1cncc(-c2ccc3[nH]nc(-c4nc5c(-c6ccncc6)cncc5[nH]4)c3n2)c1)C1CCCC1. The number of fused-ring (bicyclic) bond motifs is 2. The number of aromatic amines is 2. The molecule has 0 radical (unpaired) electrons. The van der Waals surface area contributed by atoms with Gasteiger partial charge in [0.15, 0.2) is 11.5 Å². The Morgan fingerprint density at radius 2 is 1.68 bits per heavy atom. The molecule has 9 heteroatoms. The fourth-order valence-corrected chi connectivity index (χ4v) is 5.22. The van der Waals surface area contributed by atoms with Crippen molar-refractivity contribution in [3.05, 3.63) is 79.8 Å². The molecule has 0 amide bonds. The van der Waals surface area contributed by atoms with E-state index in [4.69, 9.17) is 9.97 Å². The maximum atomic E-state index is 4.96. The van der Waals surface area contributed by atoms with E-state index in [2.05, 4.69) is 48.1 Å². The Morgan fingerprint density at radius 3 is 2.55 bits per heavy atom. The van der Waals surface area contributed by atoms with E-state index in [-0.39, 0.29) is 0 Å². The van der Waals surface area contributed by atoms with Crippen LogP contribution in [-0.2, 0) is 0 Å². The largest absolute Gasteiger partial charge is 0.358 e. The van der Waals surface area contributed by atoms with E-state index in [0.717, 1.165) is 55.8 Å². The summed E-state index contributed by atoms with van der Waals surface area (Å²) in [7, 11) is 0. The van der Waals surface area contributed by atoms with E-state index < -0.39 is 0 Å². The van der Waals surface area contributed by atoms with Crippen LogP contribution in [0.4, 0.5) is 5.69 Å². The van der Waals surface area contributed by atoms with E-state index in [1.807, 2.05) is 42.9 Å². The molecular formula is C29H25N9. The molecule has 0 aromatic carbocycles. The normalized spacial score (nSPS) is 13.9. The number of anilines is 1. The first kappa shape index (κ1) is 22.3. The Morgan fingerprint density at radius 1 is 0.842 bits per heavy atom. The van der Waals surface area contributed by atoms with Crippen molar-refractivity contribution in [2.24, 2.45) is 5.92 Å². The van der Waals surface area contributed by atoms with Crippen molar-refractivity contribution in [1.82, 2.24) is 40.1 Å². The zero-order valence-electron chi connectivity index (χ0n) is 20.6. The molecule has 186 valence electrons. The third kappa shape index (κ3) is 3.98. The number of H-pyrrole nitrogens is 2. The van der Waals surface area contributed by atoms with Crippen molar-refractivity contribution in [2.45, 2.75) is 25.7 Å². The van der Waals surface area contributed by atoms with Gasteiger partial charge in [0.1, 0.15) is 5.52 Å². The fourth-order valence-electron chi connectivity index (χ4n) is 5.22. The molecule has 1 aliphatic carbocycles. The molecule has 0 unspecified atom stereocenters. The Hall–Kier alpha value is -4.92. The second-order valence-electron chi connectivity index (χ2n) is 9.66. The van der Waals surface area contributed by atoms with Crippen LogP contribution in [0, 0.1) is 5.92 Å². The minimum atomic E-state index is 0.528. The van der Waals surface area contributed by atoms with Crippen LogP contribution in [0.5, 0.6) is 0 Å². The van der Waals surface area contributed by atoms with Gasteiger partial charge in [-0.25, -0.2) is 9.97 Å². The molecule has 0 aliphatic heterocycles. The summed E-state index contributed by atoms with van der Waals surface area (Å²) in [5.41, 5.74) is 9.48. The number of aromatic nitrogens is 8. The van der Waals surface area contributed by atoms with Gasteiger partial charge in [-0.15, -0.1) is 0 Å². The quantitative estimate of drug-likeness (QED) is 0.252. The molecule has 9 nitrogen and oxygen atoms in total. The highest BCUT2D eigenvalue weighted by atomic mass is 15.2. The highest BCUT2D eigenvalue weighted by Crippen LogP contribution is 2.33. The summed E-state index contributed by atoms with van der Waals surface area (Å²) in [4.78, 5) is 26.2. The molecule has 1 saturated carbocycles. The minimum Gasteiger partial charge on any atom is -0.358 e. The number of rotatable bonds is 6. The zero-order chi connectivity index (χ0) is 25.5. The highest BCUT2D eigenvalue weighted by Gasteiger charge is 2.19. The van der Waals surface area contributed by atoms with Crippen molar-refractivity contribution in [2.75, 3.05) is 5.32 Å².